The first kappa shape index (κ1) is 20.2. The van der Waals surface area contributed by atoms with Crippen molar-refractivity contribution in [1.29, 1.82) is 0 Å². The van der Waals surface area contributed by atoms with Gasteiger partial charge >= 0.3 is 0 Å². The van der Waals surface area contributed by atoms with E-state index in [-0.39, 0.29) is 18.0 Å². The Bertz CT molecular complexity index is 477. The summed E-state index contributed by atoms with van der Waals surface area (Å²) < 4.78 is 28.8. The first-order valence-electron chi connectivity index (χ1n) is 8.29. The summed E-state index contributed by atoms with van der Waals surface area (Å²) in [5.41, 5.74) is 0. The molecular weight excluding hydrogens is 315 g/mol. The van der Waals surface area contributed by atoms with Crippen molar-refractivity contribution in [2.45, 2.75) is 52.1 Å². The second kappa shape index (κ2) is 9.43. The van der Waals surface area contributed by atoms with Crippen LogP contribution in [-0.2, 0) is 18.6 Å². The van der Waals surface area contributed by atoms with Gasteiger partial charge in [0.25, 0.3) is 0 Å². The second-order valence-corrected chi connectivity index (χ2v) is 8.99. The van der Waals surface area contributed by atoms with Gasteiger partial charge in [-0.15, -0.1) is 0 Å². The quantitative estimate of drug-likeness (QED) is 0.497. The summed E-state index contributed by atoms with van der Waals surface area (Å²) in [5, 5.41) is 0. The Balaban J connectivity index is 2.73. The third-order valence-electron chi connectivity index (χ3n) is 3.81. The lowest BCUT2D eigenvalue weighted by atomic mass is 10.0. The number of hydrogen-bond donors (Lipinski definition) is 0. The molecule has 0 N–H and O–H groups in total. The summed E-state index contributed by atoms with van der Waals surface area (Å²) in [4.78, 5) is 9.23. The molecule has 1 aliphatic heterocycles. The minimum Gasteiger partial charge on any atom is -0.483 e. The van der Waals surface area contributed by atoms with Crippen molar-refractivity contribution >= 4 is 19.2 Å². The molecule has 23 heavy (non-hydrogen) atoms. The van der Waals surface area contributed by atoms with E-state index in [1.54, 1.807) is 20.9 Å². The molecule has 0 aliphatic carbocycles. The Morgan fingerprint density at radius 1 is 1.17 bits per heavy atom. The van der Waals surface area contributed by atoms with E-state index < -0.39 is 7.37 Å². The summed E-state index contributed by atoms with van der Waals surface area (Å²) in [6, 6.07) is -0.381. The van der Waals surface area contributed by atoms with Gasteiger partial charge < -0.3 is 14.0 Å². The Hall–Kier alpha value is -0.870. The van der Waals surface area contributed by atoms with Crippen LogP contribution in [0, 0.1) is 5.92 Å². The van der Waals surface area contributed by atoms with Gasteiger partial charge in [-0.25, -0.2) is 9.98 Å². The van der Waals surface area contributed by atoms with Crippen LogP contribution in [0.15, 0.2) is 9.98 Å². The van der Waals surface area contributed by atoms with Gasteiger partial charge in [-0.3, -0.25) is 4.57 Å². The summed E-state index contributed by atoms with van der Waals surface area (Å²) in [6.07, 6.45) is 2.98. The molecule has 1 unspecified atom stereocenters. The molecule has 134 valence electrons. The fourth-order valence-electron chi connectivity index (χ4n) is 2.37. The molecule has 0 spiro atoms. The molecule has 1 rings (SSSR count). The van der Waals surface area contributed by atoms with Crippen molar-refractivity contribution in [3.05, 3.63) is 0 Å². The first-order valence-corrected chi connectivity index (χ1v) is 10.5. The molecular formula is C16H31N2O4P. The Morgan fingerprint density at radius 2 is 1.83 bits per heavy atom. The average Bonchev–Trinajstić information content (AvgIpc) is 2.52. The standard InChI is InChI=1S/C16H31N2O4P/c1-7-8-10-22-23(6,19)11-9-13-15(20-4)18-14(12(2)3)16(17-13)21-5/h12-14H,7-11H2,1-6H3/t13-,14+,23?/m0/s1. The minimum atomic E-state index is -2.61. The van der Waals surface area contributed by atoms with Gasteiger partial charge in [-0.2, -0.15) is 0 Å². The number of methoxy groups -OCH3 is 2. The van der Waals surface area contributed by atoms with Crippen molar-refractivity contribution in [1.82, 2.24) is 0 Å². The summed E-state index contributed by atoms with van der Waals surface area (Å²) >= 11 is 0. The molecule has 0 amide bonds. The molecule has 0 bridgehead atoms. The average molecular weight is 346 g/mol. The molecule has 0 aromatic heterocycles. The molecule has 0 saturated heterocycles. The zero-order valence-corrected chi connectivity index (χ0v) is 16.1. The lowest BCUT2D eigenvalue weighted by Gasteiger charge is -2.27. The van der Waals surface area contributed by atoms with Crippen LogP contribution in [0.2, 0.25) is 0 Å². The van der Waals surface area contributed by atoms with Gasteiger partial charge in [0.05, 0.1) is 20.8 Å². The Labute approximate surface area is 140 Å². The largest absolute Gasteiger partial charge is 0.483 e. The zero-order chi connectivity index (χ0) is 17.5. The Morgan fingerprint density at radius 3 is 2.35 bits per heavy atom. The fourth-order valence-corrected chi connectivity index (χ4v) is 3.73. The highest BCUT2D eigenvalue weighted by molar-refractivity contribution is 7.58. The third-order valence-corrected chi connectivity index (χ3v) is 5.61. The maximum absolute atomic E-state index is 12.5. The van der Waals surface area contributed by atoms with E-state index >= 15 is 0 Å². The Kier molecular flexibility index (Phi) is 8.27. The highest BCUT2D eigenvalue weighted by Crippen LogP contribution is 2.44. The number of rotatable bonds is 8. The number of ether oxygens (including phenoxy) is 2. The van der Waals surface area contributed by atoms with Crippen molar-refractivity contribution in [3.8, 4) is 0 Å². The fraction of sp³-hybridized carbons (Fsp3) is 0.875. The molecule has 1 heterocycles. The van der Waals surface area contributed by atoms with Gasteiger partial charge in [0.1, 0.15) is 12.1 Å². The van der Waals surface area contributed by atoms with Crippen molar-refractivity contribution in [3.63, 3.8) is 0 Å². The highest BCUT2D eigenvalue weighted by atomic mass is 31.2. The van der Waals surface area contributed by atoms with Gasteiger partial charge in [0, 0.05) is 12.8 Å². The van der Waals surface area contributed by atoms with E-state index in [0.29, 0.717) is 31.0 Å². The monoisotopic (exact) mass is 346 g/mol. The van der Waals surface area contributed by atoms with Gasteiger partial charge in [-0.05, 0) is 18.8 Å². The lowest BCUT2D eigenvalue weighted by molar-refractivity contribution is 0.307. The van der Waals surface area contributed by atoms with Gasteiger partial charge in [-0.1, -0.05) is 27.2 Å². The van der Waals surface area contributed by atoms with Crippen LogP contribution in [0.3, 0.4) is 0 Å². The molecule has 0 radical (unpaired) electrons. The van der Waals surface area contributed by atoms with Crippen molar-refractivity contribution in [2.75, 3.05) is 33.7 Å². The normalized spacial score (nSPS) is 24.0. The van der Waals surface area contributed by atoms with Crippen LogP contribution in [0.1, 0.15) is 40.0 Å². The van der Waals surface area contributed by atoms with E-state index in [2.05, 4.69) is 30.8 Å². The lowest BCUT2D eigenvalue weighted by Crippen LogP contribution is -2.37. The predicted octanol–water partition coefficient (Wildman–Crippen LogP) is 3.60. The second-order valence-electron chi connectivity index (χ2n) is 6.26. The van der Waals surface area contributed by atoms with Crippen LogP contribution in [-0.4, -0.2) is 57.5 Å². The van der Waals surface area contributed by atoms with E-state index in [1.165, 1.54) is 0 Å². The van der Waals surface area contributed by atoms with Crippen LogP contribution in [0.4, 0.5) is 0 Å². The van der Waals surface area contributed by atoms with Crippen LogP contribution >= 0.6 is 7.37 Å². The molecule has 7 heteroatoms. The first-order chi connectivity index (χ1) is 10.8. The molecule has 6 nitrogen and oxygen atoms in total. The SMILES string of the molecule is CCCCOP(C)(=O)CC[C@@H]1N=C(OC)[C@@H](C(C)C)N=C1OC. The van der Waals surface area contributed by atoms with Crippen LogP contribution in [0.25, 0.3) is 0 Å². The molecule has 0 aromatic carbocycles. The smallest absolute Gasteiger partial charge is 0.209 e. The molecule has 0 aromatic rings. The number of nitrogens with zero attached hydrogens (tertiary/aromatic N) is 2. The highest BCUT2D eigenvalue weighted by Gasteiger charge is 2.32. The van der Waals surface area contributed by atoms with Crippen LogP contribution < -0.4 is 0 Å². The number of hydrogen-bond acceptors (Lipinski definition) is 6. The summed E-state index contributed by atoms with van der Waals surface area (Å²) in [5.74, 6) is 1.47. The van der Waals surface area contributed by atoms with Crippen molar-refractivity contribution < 1.29 is 18.6 Å². The van der Waals surface area contributed by atoms with Crippen LogP contribution in [0.5, 0.6) is 0 Å². The third kappa shape index (κ3) is 6.27. The zero-order valence-electron chi connectivity index (χ0n) is 15.2. The van der Waals surface area contributed by atoms with E-state index in [9.17, 15) is 4.57 Å². The maximum Gasteiger partial charge on any atom is 0.209 e. The summed E-state index contributed by atoms with van der Waals surface area (Å²) in [7, 11) is 0.596. The predicted molar refractivity (Wildman–Crippen MR) is 95.2 cm³/mol. The van der Waals surface area contributed by atoms with E-state index in [0.717, 1.165) is 12.8 Å². The molecule has 0 saturated carbocycles. The molecule has 0 fully saturated rings. The van der Waals surface area contributed by atoms with E-state index in [1.807, 2.05) is 0 Å². The number of aliphatic imine (C=N–C) groups is 2. The van der Waals surface area contributed by atoms with E-state index in [4.69, 9.17) is 14.0 Å². The number of unbranched alkanes of at least 4 members (excludes halogenated alkanes) is 1. The topological polar surface area (TPSA) is 69.5 Å². The van der Waals surface area contributed by atoms with Gasteiger partial charge in [0.15, 0.2) is 7.37 Å². The minimum absolute atomic E-state index is 0.125. The van der Waals surface area contributed by atoms with Gasteiger partial charge in [0.2, 0.25) is 11.8 Å². The van der Waals surface area contributed by atoms with Crippen molar-refractivity contribution in [2.24, 2.45) is 15.9 Å². The maximum atomic E-state index is 12.5. The summed E-state index contributed by atoms with van der Waals surface area (Å²) in [6.45, 7) is 8.45. The molecule has 1 aliphatic rings. The molecule has 3 atom stereocenters.